The maximum absolute atomic E-state index is 12.5. The molecule has 2 heterocycles. The van der Waals surface area contributed by atoms with Crippen molar-refractivity contribution in [3.63, 3.8) is 0 Å². The van der Waals surface area contributed by atoms with E-state index in [1.807, 2.05) is 0 Å². The first-order valence-electron chi connectivity index (χ1n) is 16.3. The van der Waals surface area contributed by atoms with E-state index in [1.54, 1.807) is 6.92 Å². The second-order valence-corrected chi connectivity index (χ2v) is 11.5. The third-order valence-corrected chi connectivity index (χ3v) is 7.86. The number of nitrogens with zero attached hydrogens (tertiary/aromatic N) is 4. The Morgan fingerprint density at radius 1 is 0.898 bits per heavy atom. The van der Waals surface area contributed by atoms with Crippen molar-refractivity contribution < 1.29 is 68.3 Å². The number of hydrogen-bond donors (Lipinski definition) is 7. The molecule has 2 rings (SSSR count). The molecule has 282 valence electrons. The Balaban J connectivity index is 1.84. The molecule has 20 heteroatoms. The molecule has 0 aromatic carbocycles. The third kappa shape index (κ3) is 13.7. The second kappa shape index (κ2) is 22.8. The number of aliphatic hydroxyl groups is 5. The van der Waals surface area contributed by atoms with Crippen LogP contribution in [0.5, 0.6) is 0 Å². The molecule has 0 aromatic heterocycles. The molecular formula is C29H52N6O14. The van der Waals surface area contributed by atoms with Gasteiger partial charge in [-0.1, -0.05) is 18.0 Å². The summed E-state index contributed by atoms with van der Waals surface area (Å²) >= 11 is 0. The Hall–Kier alpha value is -2.88. The molecule has 2 fully saturated rings. The number of nitrogens with one attached hydrogen (secondary N) is 1. The van der Waals surface area contributed by atoms with E-state index in [0.717, 1.165) is 0 Å². The van der Waals surface area contributed by atoms with Crippen molar-refractivity contribution in [2.45, 2.75) is 119 Å². The van der Waals surface area contributed by atoms with Gasteiger partial charge in [0.25, 0.3) is 6.02 Å². The average molecular weight is 709 g/mol. The van der Waals surface area contributed by atoms with Crippen LogP contribution < -0.4 is 11.1 Å². The second-order valence-electron chi connectivity index (χ2n) is 11.5. The number of ether oxygens (including phenoxy) is 7. The lowest BCUT2D eigenvalue weighted by atomic mass is 9.98. The zero-order valence-corrected chi connectivity index (χ0v) is 28.1. The topological polar surface area (TPSA) is 299 Å². The van der Waals surface area contributed by atoms with Crippen LogP contribution in [0, 0.1) is 0 Å². The molecule has 2 saturated heterocycles. The number of carbonyl (C=O) groups excluding carboxylic acids is 2. The predicted molar refractivity (Wildman–Crippen MR) is 168 cm³/mol. The van der Waals surface area contributed by atoms with Crippen LogP contribution >= 0.6 is 0 Å². The summed E-state index contributed by atoms with van der Waals surface area (Å²) in [4.78, 5) is 31.5. The molecule has 0 spiro atoms. The van der Waals surface area contributed by atoms with Crippen LogP contribution in [0.15, 0.2) is 10.1 Å². The van der Waals surface area contributed by atoms with E-state index in [9.17, 15) is 35.1 Å². The number of aliphatic imine (C=N–C) groups is 1. The van der Waals surface area contributed by atoms with Crippen molar-refractivity contribution in [2.75, 3.05) is 47.1 Å². The lowest BCUT2D eigenvalue weighted by Crippen LogP contribution is -2.62. The van der Waals surface area contributed by atoms with Crippen LogP contribution in [0.4, 0.5) is 0 Å². The Bertz CT molecular complexity index is 1070. The highest BCUT2D eigenvalue weighted by atomic mass is 16.7. The lowest BCUT2D eigenvalue weighted by molar-refractivity contribution is -0.327. The molecule has 0 aromatic rings. The first kappa shape index (κ1) is 42.3. The van der Waals surface area contributed by atoms with E-state index >= 15 is 0 Å². The van der Waals surface area contributed by atoms with Crippen molar-refractivity contribution >= 4 is 17.9 Å². The van der Waals surface area contributed by atoms with Crippen LogP contribution in [0.3, 0.4) is 0 Å². The Morgan fingerprint density at radius 2 is 1.59 bits per heavy atom. The van der Waals surface area contributed by atoms with Crippen molar-refractivity contribution in [1.29, 1.82) is 0 Å². The quantitative estimate of drug-likeness (QED) is 0.0134. The molecule has 2 aliphatic heterocycles. The normalized spacial score (nSPS) is 31.0. The van der Waals surface area contributed by atoms with Crippen LogP contribution in [0.25, 0.3) is 10.4 Å². The molecule has 0 aliphatic carbocycles. The molecule has 11 atom stereocenters. The van der Waals surface area contributed by atoms with Gasteiger partial charge in [0.1, 0.15) is 48.8 Å². The fourth-order valence-corrected chi connectivity index (χ4v) is 5.19. The smallest absolute Gasteiger partial charge is 0.328 e. The van der Waals surface area contributed by atoms with Gasteiger partial charge in [0.2, 0.25) is 5.91 Å². The zero-order valence-electron chi connectivity index (χ0n) is 28.1. The standard InChI is InChI=1S/C29H52N6O14/c1-4-45-26(42)16(10-7-9-13-33-35-31)34-19(36)11-6-5-8-12-32-29(30)49-25-21(38)17(14-43-2)48-28(24(25)41)46-15-18-20(37)22(39)23(40)27(44-3)47-18/h16-18,20-25,27-28,37-41H,4-15H2,1-3H3,(H2,30,32)(H,34,36)/t16-,17?,18?,20+,21+,22-,23?,24?,25-,27-,28+/m0/s1. The Kier molecular flexibility index (Phi) is 19.6. The highest BCUT2D eigenvalue weighted by Crippen LogP contribution is 2.27. The highest BCUT2D eigenvalue weighted by Gasteiger charge is 2.49. The number of methoxy groups -OCH3 is 2. The van der Waals surface area contributed by atoms with Gasteiger partial charge in [-0.25, -0.2) is 9.79 Å². The van der Waals surface area contributed by atoms with Crippen LogP contribution in [0.1, 0.15) is 51.9 Å². The van der Waals surface area contributed by atoms with Gasteiger partial charge in [0.15, 0.2) is 18.7 Å². The maximum atomic E-state index is 12.5. The average Bonchev–Trinajstić information content (AvgIpc) is 3.08. The highest BCUT2D eigenvalue weighted by molar-refractivity contribution is 5.84. The SMILES string of the molecule is CCOC(=O)[C@H](CCCCN=[N+]=[N-])NC(=O)CCCCCN=C(N)O[C@@H]1C(O)[C@H](OCC2O[C@H](OC)C(O)[C@@H](O)[C@@H]2O)OC(COC)[C@H]1O. The number of nitrogens with two attached hydrogens (primary N) is 1. The lowest BCUT2D eigenvalue weighted by Gasteiger charge is -2.43. The molecule has 8 N–H and O–H groups in total. The number of aliphatic hydroxyl groups excluding tert-OH is 5. The van der Waals surface area contributed by atoms with E-state index in [1.165, 1.54) is 14.2 Å². The van der Waals surface area contributed by atoms with Gasteiger partial charge in [-0.2, -0.15) is 0 Å². The molecular weight excluding hydrogens is 656 g/mol. The number of amidine groups is 1. The number of amides is 1. The number of rotatable bonds is 21. The molecule has 1 amide bonds. The van der Waals surface area contributed by atoms with Gasteiger partial charge in [-0.05, 0) is 38.1 Å². The summed E-state index contributed by atoms with van der Waals surface area (Å²) in [7, 11) is 2.63. The molecule has 0 bridgehead atoms. The van der Waals surface area contributed by atoms with Crippen molar-refractivity contribution in [1.82, 2.24) is 5.32 Å². The summed E-state index contributed by atoms with van der Waals surface area (Å²) in [6.45, 7) is 1.87. The number of carbonyl (C=O) groups is 2. The fourth-order valence-electron chi connectivity index (χ4n) is 5.19. The van der Waals surface area contributed by atoms with Gasteiger partial charge in [-0.3, -0.25) is 4.79 Å². The maximum Gasteiger partial charge on any atom is 0.328 e. The van der Waals surface area contributed by atoms with Crippen LogP contribution in [-0.2, 0) is 42.7 Å². The zero-order chi connectivity index (χ0) is 36.3. The van der Waals surface area contributed by atoms with E-state index in [2.05, 4.69) is 20.3 Å². The van der Waals surface area contributed by atoms with E-state index in [0.29, 0.717) is 45.1 Å². The van der Waals surface area contributed by atoms with Crippen LogP contribution in [-0.4, -0.2) is 158 Å². The molecule has 0 saturated carbocycles. The number of hydrogen-bond acceptors (Lipinski definition) is 16. The molecule has 2 aliphatic rings. The number of azide groups is 1. The summed E-state index contributed by atoms with van der Waals surface area (Å²) in [6.07, 6.45) is -10.5. The van der Waals surface area contributed by atoms with Gasteiger partial charge in [-0.15, -0.1) is 0 Å². The largest absolute Gasteiger partial charge is 0.464 e. The number of esters is 1. The summed E-state index contributed by atoms with van der Waals surface area (Å²) in [5.74, 6) is -0.824. The summed E-state index contributed by atoms with van der Waals surface area (Å²) < 4.78 is 37.5. The summed E-state index contributed by atoms with van der Waals surface area (Å²) in [5, 5.41) is 58.3. The van der Waals surface area contributed by atoms with Gasteiger partial charge in [0, 0.05) is 38.6 Å². The van der Waals surface area contributed by atoms with E-state index < -0.39 is 80.0 Å². The Morgan fingerprint density at radius 3 is 2.27 bits per heavy atom. The summed E-state index contributed by atoms with van der Waals surface area (Å²) in [5.41, 5.74) is 14.3. The van der Waals surface area contributed by atoms with Crippen LogP contribution in [0.2, 0.25) is 0 Å². The molecule has 0 radical (unpaired) electrons. The molecule has 49 heavy (non-hydrogen) atoms. The summed E-state index contributed by atoms with van der Waals surface area (Å²) in [6, 6.07) is -1.11. The molecule has 20 nitrogen and oxygen atoms in total. The van der Waals surface area contributed by atoms with Crippen molar-refractivity contribution in [2.24, 2.45) is 15.8 Å². The third-order valence-electron chi connectivity index (χ3n) is 7.86. The van der Waals surface area contributed by atoms with Gasteiger partial charge in [0.05, 0.1) is 19.8 Å². The minimum absolute atomic E-state index is 0.102. The minimum Gasteiger partial charge on any atom is -0.464 e. The number of unbranched alkanes of at least 4 members (excludes halogenated alkanes) is 3. The van der Waals surface area contributed by atoms with Gasteiger partial charge < -0.3 is 69.7 Å². The monoisotopic (exact) mass is 708 g/mol. The first-order chi connectivity index (χ1) is 23.5. The minimum atomic E-state index is -1.59. The Labute approximate surface area is 284 Å². The van der Waals surface area contributed by atoms with Gasteiger partial charge >= 0.3 is 5.97 Å². The fraction of sp³-hybridized carbons (Fsp3) is 0.897. The van der Waals surface area contributed by atoms with E-state index in [4.69, 9.17) is 44.4 Å². The first-order valence-corrected chi connectivity index (χ1v) is 16.3. The van der Waals surface area contributed by atoms with E-state index in [-0.39, 0.29) is 38.1 Å². The molecule has 4 unspecified atom stereocenters. The van der Waals surface area contributed by atoms with Crippen molar-refractivity contribution in [3.8, 4) is 0 Å². The predicted octanol–water partition coefficient (Wildman–Crippen LogP) is -1.66. The van der Waals surface area contributed by atoms with Crippen molar-refractivity contribution in [3.05, 3.63) is 10.4 Å².